The number of rotatable bonds is 6. The van der Waals surface area contributed by atoms with Crippen LogP contribution in [0, 0.1) is 5.82 Å². The number of nitrogens with one attached hydrogen (secondary N) is 1. The van der Waals surface area contributed by atoms with E-state index in [4.69, 9.17) is 9.72 Å². The Labute approximate surface area is 186 Å². The second kappa shape index (κ2) is 9.72. The lowest BCUT2D eigenvalue weighted by molar-refractivity contribution is -0.131. The van der Waals surface area contributed by atoms with E-state index in [-0.39, 0.29) is 24.0 Å². The third-order valence-electron chi connectivity index (χ3n) is 5.69. The van der Waals surface area contributed by atoms with Gasteiger partial charge in [-0.25, -0.2) is 14.4 Å². The lowest BCUT2D eigenvalue weighted by Crippen LogP contribution is -2.40. The predicted molar refractivity (Wildman–Crippen MR) is 120 cm³/mol. The molecule has 1 aromatic carbocycles. The number of hydrogen-bond donors (Lipinski definition) is 1. The molecule has 3 heterocycles. The Bertz CT molecular complexity index is 1090. The van der Waals surface area contributed by atoms with Gasteiger partial charge in [0, 0.05) is 50.1 Å². The highest BCUT2D eigenvalue weighted by atomic mass is 19.1. The molecule has 0 bridgehead atoms. The first-order valence-corrected chi connectivity index (χ1v) is 10.6. The molecule has 1 aliphatic rings. The molecule has 4 rings (SSSR count). The minimum absolute atomic E-state index is 0.0188. The van der Waals surface area contributed by atoms with Gasteiger partial charge in [0.15, 0.2) is 17.4 Å². The second-order valence-corrected chi connectivity index (χ2v) is 7.82. The fourth-order valence-electron chi connectivity index (χ4n) is 3.98. The van der Waals surface area contributed by atoms with Crippen molar-refractivity contribution in [1.29, 1.82) is 0 Å². The van der Waals surface area contributed by atoms with Crippen LogP contribution >= 0.6 is 0 Å². The number of anilines is 1. The molecule has 0 saturated carbocycles. The molecule has 32 heavy (non-hydrogen) atoms. The molecule has 1 aliphatic heterocycles. The molecule has 2 aromatic heterocycles. The van der Waals surface area contributed by atoms with Gasteiger partial charge in [-0.3, -0.25) is 9.78 Å². The summed E-state index contributed by atoms with van der Waals surface area (Å²) in [5.41, 5.74) is 2.38. The van der Waals surface area contributed by atoms with Crippen molar-refractivity contribution in [2.45, 2.75) is 25.2 Å². The largest absolute Gasteiger partial charge is 0.494 e. The molecule has 0 radical (unpaired) electrons. The van der Waals surface area contributed by atoms with Crippen LogP contribution in [0.25, 0.3) is 11.4 Å². The maximum absolute atomic E-state index is 14.0. The zero-order chi connectivity index (χ0) is 22.5. The number of likely N-dealkylation sites (tertiary alicyclic amines) is 1. The first-order chi connectivity index (χ1) is 15.6. The Hall–Kier alpha value is -3.55. The fraction of sp³-hybridized carbons (Fsp3) is 0.333. The minimum Gasteiger partial charge on any atom is -0.494 e. The van der Waals surface area contributed by atoms with E-state index in [9.17, 15) is 9.18 Å². The van der Waals surface area contributed by atoms with Gasteiger partial charge >= 0.3 is 0 Å². The Kier molecular flexibility index (Phi) is 6.58. The first-order valence-electron chi connectivity index (χ1n) is 10.6. The molecule has 8 heteroatoms. The number of nitrogens with zero attached hydrogens (tertiary/aromatic N) is 4. The summed E-state index contributed by atoms with van der Waals surface area (Å²) in [6, 6.07) is 10.4. The summed E-state index contributed by atoms with van der Waals surface area (Å²) in [5.74, 6) is 1.13. The molecule has 0 unspecified atom stereocenters. The van der Waals surface area contributed by atoms with E-state index in [1.807, 2.05) is 30.1 Å². The lowest BCUT2D eigenvalue weighted by atomic mass is 9.93. The third kappa shape index (κ3) is 4.85. The Balaban J connectivity index is 1.51. The number of ether oxygens (including phenoxy) is 1. The monoisotopic (exact) mass is 435 g/mol. The van der Waals surface area contributed by atoms with E-state index in [0.29, 0.717) is 24.5 Å². The summed E-state index contributed by atoms with van der Waals surface area (Å²) in [6.45, 7) is 1.26. The molecule has 0 aliphatic carbocycles. The van der Waals surface area contributed by atoms with Crippen LogP contribution in [0.4, 0.5) is 10.2 Å². The van der Waals surface area contributed by atoms with Gasteiger partial charge in [-0.15, -0.1) is 0 Å². The van der Waals surface area contributed by atoms with Crippen LogP contribution < -0.4 is 10.1 Å². The minimum atomic E-state index is -0.460. The summed E-state index contributed by atoms with van der Waals surface area (Å²) < 4.78 is 19.0. The van der Waals surface area contributed by atoms with Crippen molar-refractivity contribution in [2.75, 3.05) is 32.6 Å². The van der Waals surface area contributed by atoms with Crippen LogP contribution in [0.15, 0.2) is 48.8 Å². The quantitative estimate of drug-likeness (QED) is 0.636. The third-order valence-corrected chi connectivity index (χ3v) is 5.69. The number of carbonyl (C=O) groups is 1. The van der Waals surface area contributed by atoms with Crippen molar-refractivity contribution < 1.29 is 13.9 Å². The molecule has 3 aromatic rings. The highest BCUT2D eigenvalue weighted by molar-refractivity contribution is 5.79. The average Bonchev–Trinajstić information content (AvgIpc) is 2.84. The van der Waals surface area contributed by atoms with Crippen LogP contribution in [-0.2, 0) is 11.2 Å². The van der Waals surface area contributed by atoms with Crippen molar-refractivity contribution >= 4 is 11.7 Å². The van der Waals surface area contributed by atoms with Crippen molar-refractivity contribution in [3.05, 3.63) is 65.9 Å². The summed E-state index contributed by atoms with van der Waals surface area (Å²) in [4.78, 5) is 28.3. The van der Waals surface area contributed by atoms with Crippen LogP contribution in [-0.4, -0.2) is 53.0 Å². The number of methoxy groups -OCH3 is 1. The number of hydrogen-bond acceptors (Lipinski definition) is 6. The topological polar surface area (TPSA) is 80.2 Å². The number of halogens is 1. The number of benzene rings is 1. The molecular weight excluding hydrogens is 409 g/mol. The van der Waals surface area contributed by atoms with Gasteiger partial charge in [-0.05, 0) is 42.7 Å². The van der Waals surface area contributed by atoms with E-state index in [1.54, 1.807) is 24.5 Å². The standard InChI is InChI=1S/C24H26FN5O2/c1-26-22-13-20(28-24(29-22)17-5-3-9-27-14-17)18-6-4-10-30(15-18)23(31)12-16-7-8-21(32-2)19(25)11-16/h3,5,7-9,11,13-14,18H,4,6,10,12,15H2,1-2H3,(H,26,28,29)/t18-/m1/s1. The number of aromatic nitrogens is 3. The molecule has 1 saturated heterocycles. The zero-order valence-electron chi connectivity index (χ0n) is 18.2. The maximum Gasteiger partial charge on any atom is 0.227 e. The highest BCUT2D eigenvalue weighted by Gasteiger charge is 2.26. The molecule has 1 N–H and O–H groups in total. The summed E-state index contributed by atoms with van der Waals surface area (Å²) in [6.07, 6.45) is 5.43. The van der Waals surface area contributed by atoms with Crippen molar-refractivity contribution in [2.24, 2.45) is 0 Å². The van der Waals surface area contributed by atoms with Crippen molar-refractivity contribution in [3.63, 3.8) is 0 Å². The van der Waals surface area contributed by atoms with Gasteiger partial charge in [0.25, 0.3) is 0 Å². The van der Waals surface area contributed by atoms with E-state index >= 15 is 0 Å². The highest BCUT2D eigenvalue weighted by Crippen LogP contribution is 2.29. The van der Waals surface area contributed by atoms with Gasteiger partial charge in [0.2, 0.25) is 5.91 Å². The average molecular weight is 436 g/mol. The molecule has 1 fully saturated rings. The van der Waals surface area contributed by atoms with E-state index < -0.39 is 5.82 Å². The van der Waals surface area contributed by atoms with Crippen LogP contribution in [0.3, 0.4) is 0 Å². The van der Waals surface area contributed by atoms with Gasteiger partial charge < -0.3 is 15.0 Å². The summed E-state index contributed by atoms with van der Waals surface area (Å²) >= 11 is 0. The van der Waals surface area contributed by atoms with Crippen molar-refractivity contribution in [3.8, 4) is 17.1 Å². The van der Waals surface area contributed by atoms with Crippen LogP contribution in [0.5, 0.6) is 5.75 Å². The van der Waals surface area contributed by atoms with E-state index in [0.717, 1.165) is 29.9 Å². The second-order valence-electron chi connectivity index (χ2n) is 7.82. The maximum atomic E-state index is 14.0. The zero-order valence-corrected chi connectivity index (χ0v) is 18.2. The van der Waals surface area contributed by atoms with Crippen LogP contribution in [0.1, 0.15) is 30.0 Å². The van der Waals surface area contributed by atoms with E-state index in [1.165, 1.54) is 13.2 Å². The Morgan fingerprint density at radius 2 is 2.16 bits per heavy atom. The van der Waals surface area contributed by atoms with E-state index in [2.05, 4.69) is 15.3 Å². The molecule has 1 atom stereocenters. The first kappa shape index (κ1) is 21.7. The number of carbonyl (C=O) groups excluding carboxylic acids is 1. The molecular formula is C24H26FN5O2. The fourth-order valence-corrected chi connectivity index (χ4v) is 3.98. The number of piperidine rings is 1. The molecule has 1 amide bonds. The van der Waals surface area contributed by atoms with Crippen LogP contribution in [0.2, 0.25) is 0 Å². The molecule has 0 spiro atoms. The Morgan fingerprint density at radius 3 is 2.88 bits per heavy atom. The summed E-state index contributed by atoms with van der Waals surface area (Å²) in [7, 11) is 3.24. The number of pyridine rings is 1. The SMILES string of the molecule is CNc1cc([C@@H]2CCCN(C(=O)Cc3ccc(OC)c(F)c3)C2)nc(-c2cccnc2)n1. The number of amides is 1. The lowest BCUT2D eigenvalue weighted by Gasteiger charge is -2.33. The van der Waals surface area contributed by atoms with Gasteiger partial charge in [0.1, 0.15) is 5.82 Å². The molecule has 166 valence electrons. The van der Waals surface area contributed by atoms with Crippen molar-refractivity contribution in [1.82, 2.24) is 19.9 Å². The molecule has 7 nitrogen and oxygen atoms in total. The predicted octanol–water partition coefficient (Wildman–Crippen LogP) is 3.68. The van der Waals surface area contributed by atoms with Gasteiger partial charge in [0.05, 0.1) is 19.2 Å². The summed E-state index contributed by atoms with van der Waals surface area (Å²) in [5, 5.41) is 3.10. The van der Waals surface area contributed by atoms with Gasteiger partial charge in [-0.2, -0.15) is 0 Å². The normalized spacial score (nSPS) is 16.0. The van der Waals surface area contributed by atoms with Gasteiger partial charge in [-0.1, -0.05) is 6.07 Å². The smallest absolute Gasteiger partial charge is 0.227 e. The Morgan fingerprint density at radius 1 is 1.28 bits per heavy atom.